The largest absolute Gasteiger partial charge is 0.497 e. The van der Waals surface area contributed by atoms with E-state index in [-0.39, 0.29) is 0 Å². The first-order chi connectivity index (χ1) is 11.8. The van der Waals surface area contributed by atoms with Crippen molar-refractivity contribution in [1.29, 1.82) is 0 Å². The van der Waals surface area contributed by atoms with E-state index in [0.717, 1.165) is 42.0 Å². The number of hydrogen-bond donors (Lipinski definition) is 0. The van der Waals surface area contributed by atoms with Gasteiger partial charge in [-0.2, -0.15) is 0 Å². The van der Waals surface area contributed by atoms with E-state index in [4.69, 9.17) is 9.47 Å². The zero-order chi connectivity index (χ0) is 16.4. The normalized spacial score (nSPS) is 19.2. The molecule has 0 aliphatic carbocycles. The molecule has 0 N–H and O–H groups in total. The molecule has 4 heteroatoms. The van der Waals surface area contributed by atoms with Crippen LogP contribution in [0.5, 0.6) is 11.5 Å². The van der Waals surface area contributed by atoms with Crippen molar-refractivity contribution in [2.45, 2.75) is 12.6 Å². The number of ether oxygens (including phenoxy) is 2. The molecule has 122 valence electrons. The number of nitrogens with zero attached hydrogens (tertiary/aromatic N) is 2. The summed E-state index contributed by atoms with van der Waals surface area (Å²) in [5, 5.41) is 2.23. The molecule has 4 rings (SSSR count). The van der Waals surface area contributed by atoms with Gasteiger partial charge in [0.1, 0.15) is 18.1 Å². The van der Waals surface area contributed by atoms with Crippen LogP contribution in [0.4, 0.5) is 0 Å². The smallest absolute Gasteiger partial charge is 0.127 e. The summed E-state index contributed by atoms with van der Waals surface area (Å²) in [6, 6.07) is 16.8. The number of fused-ring (bicyclic) bond motifs is 1. The molecule has 0 bridgehead atoms. The summed E-state index contributed by atoms with van der Waals surface area (Å²) in [6.45, 7) is 2.76. The van der Waals surface area contributed by atoms with Crippen molar-refractivity contribution in [3.05, 3.63) is 66.5 Å². The summed E-state index contributed by atoms with van der Waals surface area (Å²) in [5.41, 5.74) is 1.30. The van der Waals surface area contributed by atoms with Gasteiger partial charge >= 0.3 is 0 Å². The highest BCUT2D eigenvalue weighted by atomic mass is 16.5. The molecule has 0 saturated carbocycles. The molecule has 0 amide bonds. The molecule has 1 aliphatic heterocycles. The van der Waals surface area contributed by atoms with Gasteiger partial charge < -0.3 is 9.47 Å². The second kappa shape index (κ2) is 6.49. The highest BCUT2D eigenvalue weighted by molar-refractivity contribution is 5.87. The first-order valence-electron chi connectivity index (χ1n) is 8.16. The average Bonchev–Trinajstić information content (AvgIpc) is 3.38. The molecule has 4 nitrogen and oxygen atoms in total. The fraction of sp³-hybridized carbons (Fsp3) is 0.250. The summed E-state index contributed by atoms with van der Waals surface area (Å²) >= 11 is 0. The van der Waals surface area contributed by atoms with E-state index in [1.54, 1.807) is 7.11 Å². The lowest BCUT2D eigenvalue weighted by Gasteiger charge is -2.09. The Bertz CT molecular complexity index is 827. The molecule has 1 aliphatic rings. The predicted octanol–water partition coefficient (Wildman–Crippen LogP) is 3.51. The van der Waals surface area contributed by atoms with Crippen molar-refractivity contribution >= 4 is 10.8 Å². The minimum atomic E-state index is 0.490. The predicted molar refractivity (Wildman–Crippen MR) is 94.4 cm³/mol. The molecule has 2 heterocycles. The van der Waals surface area contributed by atoms with Crippen LogP contribution < -0.4 is 9.47 Å². The molecule has 3 aromatic rings. The van der Waals surface area contributed by atoms with Gasteiger partial charge in [-0.05, 0) is 29.8 Å². The van der Waals surface area contributed by atoms with Gasteiger partial charge in [-0.15, -0.1) is 0 Å². The fourth-order valence-electron chi connectivity index (χ4n) is 2.95. The maximum Gasteiger partial charge on any atom is 0.127 e. The fourth-order valence-corrected chi connectivity index (χ4v) is 2.95. The van der Waals surface area contributed by atoms with E-state index < -0.39 is 0 Å². The SMILES string of the molecule is COc1ccc(CN2CC2COc2cccc3cnccc23)cc1. The Hall–Kier alpha value is -2.59. The first-order valence-corrected chi connectivity index (χ1v) is 8.16. The van der Waals surface area contributed by atoms with Gasteiger partial charge in [-0.25, -0.2) is 0 Å². The molecule has 2 aromatic carbocycles. The van der Waals surface area contributed by atoms with Gasteiger partial charge in [0.2, 0.25) is 0 Å². The Kier molecular flexibility index (Phi) is 4.05. The van der Waals surface area contributed by atoms with Crippen LogP contribution in [0.1, 0.15) is 5.56 Å². The quantitative estimate of drug-likeness (QED) is 0.651. The van der Waals surface area contributed by atoms with Crippen LogP contribution in [-0.4, -0.2) is 36.2 Å². The topological polar surface area (TPSA) is 34.4 Å². The number of pyridine rings is 1. The zero-order valence-electron chi connectivity index (χ0n) is 13.7. The molecular formula is C20H20N2O2. The molecule has 1 aromatic heterocycles. The van der Waals surface area contributed by atoms with Crippen LogP contribution in [0.3, 0.4) is 0 Å². The van der Waals surface area contributed by atoms with Crippen molar-refractivity contribution in [2.75, 3.05) is 20.3 Å². The molecule has 0 spiro atoms. The summed E-state index contributed by atoms with van der Waals surface area (Å²) in [6.07, 6.45) is 3.68. The second-order valence-corrected chi connectivity index (χ2v) is 6.10. The number of methoxy groups -OCH3 is 1. The maximum atomic E-state index is 6.06. The summed E-state index contributed by atoms with van der Waals surface area (Å²) in [4.78, 5) is 6.57. The van der Waals surface area contributed by atoms with Crippen LogP contribution in [0.25, 0.3) is 10.8 Å². The standard InChI is InChI=1S/C20H20N2O2/c1-23-18-7-5-15(6-8-18)12-22-13-17(22)14-24-20-4-2-3-16-11-21-10-9-19(16)20/h2-11,17H,12-14H2,1H3. The number of aromatic nitrogens is 1. The van der Waals surface area contributed by atoms with Crippen LogP contribution in [-0.2, 0) is 6.54 Å². The lowest BCUT2D eigenvalue weighted by Crippen LogP contribution is -2.11. The lowest BCUT2D eigenvalue weighted by molar-refractivity contribution is 0.296. The van der Waals surface area contributed by atoms with E-state index in [1.807, 2.05) is 42.7 Å². The average molecular weight is 320 g/mol. The molecule has 1 fully saturated rings. The molecule has 1 saturated heterocycles. The van der Waals surface area contributed by atoms with Crippen molar-refractivity contribution in [3.8, 4) is 11.5 Å². The summed E-state index contributed by atoms with van der Waals surface area (Å²) < 4.78 is 11.3. The van der Waals surface area contributed by atoms with Gasteiger partial charge in [0.05, 0.1) is 13.2 Å². The van der Waals surface area contributed by atoms with E-state index in [9.17, 15) is 0 Å². The number of rotatable bonds is 6. The van der Waals surface area contributed by atoms with E-state index in [1.165, 1.54) is 5.56 Å². The highest BCUT2D eigenvalue weighted by Gasteiger charge is 2.34. The molecule has 2 atom stereocenters. The van der Waals surface area contributed by atoms with Gasteiger partial charge in [-0.3, -0.25) is 9.88 Å². The van der Waals surface area contributed by atoms with Gasteiger partial charge in [-0.1, -0.05) is 24.3 Å². The molecule has 2 unspecified atom stereocenters. The van der Waals surface area contributed by atoms with Crippen LogP contribution >= 0.6 is 0 Å². The number of hydrogen-bond acceptors (Lipinski definition) is 4. The Balaban J connectivity index is 1.34. The molecule has 24 heavy (non-hydrogen) atoms. The van der Waals surface area contributed by atoms with Crippen molar-refractivity contribution in [1.82, 2.24) is 9.88 Å². The number of benzene rings is 2. The third-order valence-corrected chi connectivity index (χ3v) is 4.44. The Morgan fingerprint density at radius 3 is 2.83 bits per heavy atom. The van der Waals surface area contributed by atoms with E-state index in [0.29, 0.717) is 6.04 Å². The third-order valence-electron chi connectivity index (χ3n) is 4.44. The van der Waals surface area contributed by atoms with Gasteiger partial charge in [0.15, 0.2) is 0 Å². The second-order valence-electron chi connectivity index (χ2n) is 6.10. The minimum Gasteiger partial charge on any atom is -0.497 e. The van der Waals surface area contributed by atoms with Crippen LogP contribution in [0, 0.1) is 0 Å². The van der Waals surface area contributed by atoms with Crippen molar-refractivity contribution in [3.63, 3.8) is 0 Å². The van der Waals surface area contributed by atoms with Crippen LogP contribution in [0.15, 0.2) is 60.9 Å². The zero-order valence-corrected chi connectivity index (χ0v) is 13.7. The molecule has 0 radical (unpaired) electrons. The first kappa shape index (κ1) is 15.0. The lowest BCUT2D eigenvalue weighted by atomic mass is 10.1. The van der Waals surface area contributed by atoms with E-state index >= 15 is 0 Å². The Morgan fingerprint density at radius 1 is 1.12 bits per heavy atom. The minimum absolute atomic E-state index is 0.490. The van der Waals surface area contributed by atoms with Gasteiger partial charge in [0, 0.05) is 36.3 Å². The van der Waals surface area contributed by atoms with Crippen molar-refractivity contribution in [2.24, 2.45) is 0 Å². The Labute approximate surface area is 141 Å². The van der Waals surface area contributed by atoms with E-state index in [2.05, 4.69) is 28.1 Å². The third kappa shape index (κ3) is 3.19. The van der Waals surface area contributed by atoms with Crippen LogP contribution in [0.2, 0.25) is 0 Å². The highest BCUT2D eigenvalue weighted by Crippen LogP contribution is 2.27. The molecular weight excluding hydrogens is 300 g/mol. The Morgan fingerprint density at radius 2 is 2.00 bits per heavy atom. The van der Waals surface area contributed by atoms with Gasteiger partial charge in [0.25, 0.3) is 0 Å². The summed E-state index contributed by atoms with van der Waals surface area (Å²) in [5.74, 6) is 1.83. The maximum absolute atomic E-state index is 6.06. The monoisotopic (exact) mass is 320 g/mol. The summed E-state index contributed by atoms with van der Waals surface area (Å²) in [7, 11) is 1.69. The van der Waals surface area contributed by atoms with Crippen molar-refractivity contribution < 1.29 is 9.47 Å².